The van der Waals surface area contributed by atoms with E-state index in [2.05, 4.69) is 10.3 Å². The summed E-state index contributed by atoms with van der Waals surface area (Å²) < 4.78 is 74.5. The summed E-state index contributed by atoms with van der Waals surface area (Å²) in [5.74, 6) is -1.44. The number of amides is 1. The number of benzene rings is 4. The number of carbonyl (C=O) groups is 2. The van der Waals surface area contributed by atoms with E-state index >= 15 is 0 Å². The van der Waals surface area contributed by atoms with E-state index in [4.69, 9.17) is 4.74 Å². The van der Waals surface area contributed by atoms with Gasteiger partial charge in [0.05, 0.1) is 29.8 Å². The molecule has 5 rings (SSSR count). The van der Waals surface area contributed by atoms with E-state index < -0.39 is 39.7 Å². The molecule has 45 heavy (non-hydrogen) atoms. The van der Waals surface area contributed by atoms with Crippen molar-refractivity contribution in [2.75, 3.05) is 11.4 Å². The highest BCUT2D eigenvalue weighted by atomic mass is 32.2. The zero-order valence-electron chi connectivity index (χ0n) is 23.9. The minimum absolute atomic E-state index is 0.0763. The zero-order chi connectivity index (χ0) is 32.2. The van der Waals surface area contributed by atoms with Crippen molar-refractivity contribution in [1.29, 1.82) is 0 Å². The SMILES string of the molecule is COC(=O)[C@@H](Cc1c[nH]c2ccccc12)NC(=O)c1cccc(S(=O)(=O)N(Cc2ccccc2)c2cccc(C(F)(F)F)c2)c1. The Bertz CT molecular complexity index is 1940. The number of carbonyl (C=O) groups excluding carboxylic acids is 2. The molecule has 0 spiro atoms. The molecule has 12 heteroatoms. The zero-order valence-corrected chi connectivity index (χ0v) is 24.7. The molecule has 5 aromatic rings. The fourth-order valence-electron chi connectivity index (χ4n) is 4.92. The number of fused-ring (bicyclic) bond motifs is 1. The second kappa shape index (κ2) is 12.9. The van der Waals surface area contributed by atoms with Crippen LogP contribution in [0.4, 0.5) is 18.9 Å². The summed E-state index contributed by atoms with van der Waals surface area (Å²) in [4.78, 5) is 28.8. The molecule has 0 bridgehead atoms. The van der Waals surface area contributed by atoms with Gasteiger partial charge in [-0.3, -0.25) is 9.10 Å². The minimum Gasteiger partial charge on any atom is -0.467 e. The van der Waals surface area contributed by atoms with Crippen molar-refractivity contribution >= 4 is 38.5 Å². The van der Waals surface area contributed by atoms with Gasteiger partial charge in [-0.1, -0.05) is 60.7 Å². The summed E-state index contributed by atoms with van der Waals surface area (Å²) in [5.41, 5.74) is 0.855. The second-order valence-corrected chi connectivity index (χ2v) is 12.0. The van der Waals surface area contributed by atoms with Gasteiger partial charge >= 0.3 is 12.1 Å². The molecule has 0 unspecified atom stereocenters. The Morgan fingerprint density at radius 2 is 1.62 bits per heavy atom. The molecule has 0 aliphatic heterocycles. The lowest BCUT2D eigenvalue weighted by molar-refractivity contribution is -0.142. The van der Waals surface area contributed by atoms with E-state index in [1.54, 1.807) is 36.5 Å². The number of esters is 1. The van der Waals surface area contributed by atoms with Crippen LogP contribution in [0, 0.1) is 0 Å². The maximum atomic E-state index is 14.0. The highest BCUT2D eigenvalue weighted by molar-refractivity contribution is 7.92. The molecule has 0 radical (unpaired) electrons. The predicted octanol–water partition coefficient (Wildman–Crippen LogP) is 6.10. The maximum absolute atomic E-state index is 14.0. The van der Waals surface area contributed by atoms with Crippen LogP contribution in [0.25, 0.3) is 10.9 Å². The molecule has 1 aromatic heterocycles. The molecule has 0 saturated carbocycles. The fourth-order valence-corrected chi connectivity index (χ4v) is 6.42. The van der Waals surface area contributed by atoms with Crippen LogP contribution < -0.4 is 9.62 Å². The summed E-state index contributed by atoms with van der Waals surface area (Å²) in [7, 11) is -3.30. The number of nitrogens with one attached hydrogen (secondary N) is 2. The lowest BCUT2D eigenvalue weighted by atomic mass is 10.0. The average Bonchev–Trinajstić information content (AvgIpc) is 3.45. The van der Waals surface area contributed by atoms with Crippen LogP contribution in [0.2, 0.25) is 0 Å². The van der Waals surface area contributed by atoms with Crippen molar-refractivity contribution < 1.29 is 35.9 Å². The summed E-state index contributed by atoms with van der Waals surface area (Å²) >= 11 is 0. The van der Waals surface area contributed by atoms with Gasteiger partial charge in [0, 0.05) is 29.1 Å². The Kier molecular flexibility index (Phi) is 8.96. The maximum Gasteiger partial charge on any atom is 0.416 e. The van der Waals surface area contributed by atoms with Crippen LogP contribution in [-0.2, 0) is 38.7 Å². The number of methoxy groups -OCH3 is 1. The van der Waals surface area contributed by atoms with Gasteiger partial charge in [0.2, 0.25) is 0 Å². The van der Waals surface area contributed by atoms with Gasteiger partial charge in [0.25, 0.3) is 15.9 Å². The Morgan fingerprint density at radius 1 is 0.911 bits per heavy atom. The van der Waals surface area contributed by atoms with Gasteiger partial charge in [-0.05, 0) is 53.6 Å². The first-order valence-electron chi connectivity index (χ1n) is 13.7. The standard InChI is InChI=1S/C33H28F3N3O5S/c1-44-32(41)30(18-24-20-37-29-16-6-5-15-28(24)29)38-31(40)23-11-7-14-27(17-23)45(42,43)39(21-22-9-3-2-4-10-22)26-13-8-12-25(19-26)33(34,35)36/h2-17,19-20,30,37H,18,21H2,1H3,(H,38,40)/t30-/m1/s1. The van der Waals surface area contributed by atoms with Crippen LogP contribution in [0.5, 0.6) is 0 Å². The third-order valence-corrected chi connectivity index (χ3v) is 8.97. The molecule has 232 valence electrons. The third-order valence-electron chi connectivity index (χ3n) is 7.20. The number of ether oxygens (including phenoxy) is 1. The van der Waals surface area contributed by atoms with E-state index in [-0.39, 0.29) is 29.1 Å². The smallest absolute Gasteiger partial charge is 0.416 e. The second-order valence-electron chi connectivity index (χ2n) is 10.2. The molecule has 0 fully saturated rings. The topological polar surface area (TPSA) is 109 Å². The van der Waals surface area contributed by atoms with Gasteiger partial charge < -0.3 is 15.0 Å². The van der Waals surface area contributed by atoms with Crippen molar-refractivity contribution in [3.63, 3.8) is 0 Å². The molecule has 0 aliphatic carbocycles. The third kappa shape index (κ3) is 7.01. The Hall–Kier alpha value is -5.10. The first-order chi connectivity index (χ1) is 21.5. The number of anilines is 1. The molecule has 0 aliphatic rings. The predicted molar refractivity (Wildman–Crippen MR) is 163 cm³/mol. The van der Waals surface area contributed by atoms with Gasteiger partial charge in [-0.25, -0.2) is 13.2 Å². The first kappa shape index (κ1) is 31.3. The molecule has 1 heterocycles. The summed E-state index contributed by atoms with van der Waals surface area (Å²) in [6, 6.07) is 23.9. The van der Waals surface area contributed by atoms with E-state index in [9.17, 15) is 31.2 Å². The minimum atomic E-state index is -4.70. The molecule has 4 aromatic carbocycles. The van der Waals surface area contributed by atoms with Crippen LogP contribution in [-0.4, -0.2) is 38.4 Å². The van der Waals surface area contributed by atoms with Gasteiger partial charge in [-0.2, -0.15) is 13.2 Å². The number of sulfonamides is 1. The molecular weight excluding hydrogens is 607 g/mol. The normalized spacial score (nSPS) is 12.4. The highest BCUT2D eigenvalue weighted by Gasteiger charge is 2.33. The number of alkyl halides is 3. The van der Waals surface area contributed by atoms with Crippen LogP contribution in [0.15, 0.2) is 114 Å². The average molecular weight is 636 g/mol. The monoisotopic (exact) mass is 635 g/mol. The van der Waals surface area contributed by atoms with Crippen molar-refractivity contribution in [2.24, 2.45) is 0 Å². The van der Waals surface area contributed by atoms with Gasteiger partial charge in [0.1, 0.15) is 6.04 Å². The molecule has 0 saturated heterocycles. The summed E-state index contributed by atoms with van der Waals surface area (Å²) in [6.45, 7) is -0.268. The van der Waals surface area contributed by atoms with E-state index in [1.165, 1.54) is 31.4 Å². The number of nitrogens with zero attached hydrogens (tertiary/aromatic N) is 1. The first-order valence-corrected chi connectivity index (χ1v) is 15.2. The Labute approximate surface area is 257 Å². The number of aromatic amines is 1. The van der Waals surface area contributed by atoms with Crippen LogP contribution >= 0.6 is 0 Å². The number of aromatic nitrogens is 1. The lowest BCUT2D eigenvalue weighted by Crippen LogP contribution is -2.43. The number of hydrogen-bond acceptors (Lipinski definition) is 5. The summed E-state index contributed by atoms with van der Waals surface area (Å²) in [6.07, 6.45) is -2.87. The largest absolute Gasteiger partial charge is 0.467 e. The van der Waals surface area contributed by atoms with Gasteiger partial charge in [-0.15, -0.1) is 0 Å². The molecular formula is C33H28F3N3O5S. The van der Waals surface area contributed by atoms with Crippen molar-refractivity contribution in [3.05, 3.63) is 132 Å². The number of hydrogen-bond donors (Lipinski definition) is 2. The highest BCUT2D eigenvalue weighted by Crippen LogP contribution is 2.34. The van der Waals surface area contributed by atoms with Crippen molar-refractivity contribution in [1.82, 2.24) is 10.3 Å². The van der Waals surface area contributed by atoms with E-state index in [0.717, 1.165) is 45.0 Å². The number of para-hydroxylation sites is 1. The molecule has 1 amide bonds. The number of rotatable bonds is 10. The summed E-state index contributed by atoms with van der Waals surface area (Å²) in [5, 5.41) is 3.49. The van der Waals surface area contributed by atoms with Crippen molar-refractivity contribution in [3.8, 4) is 0 Å². The van der Waals surface area contributed by atoms with E-state index in [0.29, 0.717) is 5.56 Å². The van der Waals surface area contributed by atoms with E-state index in [1.807, 2.05) is 24.3 Å². The Morgan fingerprint density at radius 3 is 2.36 bits per heavy atom. The molecule has 2 N–H and O–H groups in total. The lowest BCUT2D eigenvalue weighted by Gasteiger charge is -2.26. The quantitative estimate of drug-likeness (QED) is 0.181. The number of halogens is 3. The van der Waals surface area contributed by atoms with Crippen LogP contribution in [0.1, 0.15) is 27.0 Å². The van der Waals surface area contributed by atoms with Gasteiger partial charge in [0.15, 0.2) is 0 Å². The van der Waals surface area contributed by atoms with Crippen molar-refractivity contribution in [2.45, 2.75) is 30.1 Å². The fraction of sp³-hybridized carbons (Fsp3) is 0.152. The number of H-pyrrole nitrogens is 1. The van der Waals surface area contributed by atoms with Crippen LogP contribution in [0.3, 0.4) is 0 Å². The molecule has 1 atom stereocenters. The molecule has 8 nitrogen and oxygen atoms in total. The Balaban J connectivity index is 1.46.